The number of rotatable bonds is 11. The standard InChI is InChI=1S/C23H27N3O7S/c1-5-10-33-25-19(27)13-26-21(29)18(34-23(26)31)12-15-6-8-16(9-7-15)20(28)24-17(11-14(2)3)22(30)32-4/h5-9,12,14,17H,1,10-11,13H2,2-4H3,(H,24,28)(H,25,27)/b18-12-/t17-/m0/s1. The molecular weight excluding hydrogens is 462 g/mol. The summed E-state index contributed by atoms with van der Waals surface area (Å²) in [4.78, 5) is 66.7. The second-order valence-electron chi connectivity index (χ2n) is 7.69. The molecule has 0 aliphatic carbocycles. The van der Waals surface area contributed by atoms with Crippen molar-refractivity contribution in [3.05, 3.63) is 53.0 Å². The lowest BCUT2D eigenvalue weighted by molar-refractivity contribution is -0.143. The number of esters is 1. The monoisotopic (exact) mass is 489 g/mol. The molecule has 2 rings (SSSR count). The molecule has 10 nitrogen and oxygen atoms in total. The molecule has 1 aromatic carbocycles. The molecule has 1 aliphatic rings. The van der Waals surface area contributed by atoms with Crippen LogP contribution < -0.4 is 10.8 Å². The Morgan fingerprint density at radius 1 is 1.18 bits per heavy atom. The minimum atomic E-state index is -0.761. The Labute approximate surface area is 201 Å². The first kappa shape index (κ1) is 26.8. The zero-order valence-electron chi connectivity index (χ0n) is 19.2. The van der Waals surface area contributed by atoms with Gasteiger partial charge in [0, 0.05) is 5.56 Å². The smallest absolute Gasteiger partial charge is 0.328 e. The molecule has 1 fully saturated rings. The molecule has 1 aliphatic heterocycles. The van der Waals surface area contributed by atoms with E-state index in [1.54, 1.807) is 24.3 Å². The summed E-state index contributed by atoms with van der Waals surface area (Å²) in [7, 11) is 1.27. The average Bonchev–Trinajstić information content (AvgIpc) is 3.05. The molecule has 0 bridgehead atoms. The number of hydrogen-bond donors (Lipinski definition) is 2. The van der Waals surface area contributed by atoms with Gasteiger partial charge in [-0.3, -0.25) is 28.9 Å². The summed E-state index contributed by atoms with van der Waals surface area (Å²) < 4.78 is 4.76. The quantitative estimate of drug-likeness (QED) is 0.159. The summed E-state index contributed by atoms with van der Waals surface area (Å²) >= 11 is 0.708. The van der Waals surface area contributed by atoms with E-state index in [4.69, 9.17) is 9.57 Å². The highest BCUT2D eigenvalue weighted by Gasteiger charge is 2.36. The highest BCUT2D eigenvalue weighted by atomic mass is 32.2. The molecule has 0 unspecified atom stereocenters. The average molecular weight is 490 g/mol. The summed E-state index contributed by atoms with van der Waals surface area (Å²) in [5.41, 5.74) is 3.01. The number of thioether (sulfide) groups is 1. The minimum Gasteiger partial charge on any atom is -0.467 e. The summed E-state index contributed by atoms with van der Waals surface area (Å²) in [5, 5.41) is 2.09. The van der Waals surface area contributed by atoms with E-state index in [-0.39, 0.29) is 17.4 Å². The van der Waals surface area contributed by atoms with Crippen LogP contribution in [0.4, 0.5) is 4.79 Å². The summed E-state index contributed by atoms with van der Waals surface area (Å²) in [6.07, 6.45) is 3.36. The molecule has 34 heavy (non-hydrogen) atoms. The van der Waals surface area contributed by atoms with E-state index < -0.39 is 41.5 Å². The van der Waals surface area contributed by atoms with Crippen LogP contribution in [0.1, 0.15) is 36.2 Å². The Morgan fingerprint density at radius 3 is 2.44 bits per heavy atom. The predicted molar refractivity (Wildman–Crippen MR) is 126 cm³/mol. The molecule has 0 aromatic heterocycles. The number of nitrogens with zero attached hydrogens (tertiary/aromatic N) is 1. The lowest BCUT2D eigenvalue weighted by atomic mass is 10.0. The highest BCUT2D eigenvalue weighted by Crippen LogP contribution is 2.32. The van der Waals surface area contributed by atoms with Crippen LogP contribution in [0.2, 0.25) is 0 Å². The van der Waals surface area contributed by atoms with E-state index in [9.17, 15) is 24.0 Å². The summed E-state index contributed by atoms with van der Waals surface area (Å²) in [5.74, 6) is -2.04. The molecule has 182 valence electrons. The topological polar surface area (TPSA) is 131 Å². The molecule has 11 heteroatoms. The van der Waals surface area contributed by atoms with Crippen LogP contribution >= 0.6 is 11.8 Å². The fourth-order valence-corrected chi connectivity index (χ4v) is 3.78. The van der Waals surface area contributed by atoms with Crippen molar-refractivity contribution in [2.45, 2.75) is 26.3 Å². The lowest BCUT2D eigenvalue weighted by Gasteiger charge is -2.18. The van der Waals surface area contributed by atoms with Crippen molar-refractivity contribution in [3.8, 4) is 0 Å². The van der Waals surface area contributed by atoms with Crippen molar-refractivity contribution in [2.24, 2.45) is 5.92 Å². The van der Waals surface area contributed by atoms with Gasteiger partial charge in [-0.1, -0.05) is 32.1 Å². The zero-order valence-corrected chi connectivity index (χ0v) is 20.0. The van der Waals surface area contributed by atoms with Crippen LogP contribution in [-0.2, 0) is 24.0 Å². The van der Waals surface area contributed by atoms with Gasteiger partial charge in [0.05, 0.1) is 18.6 Å². The zero-order chi connectivity index (χ0) is 25.3. The Hall–Kier alpha value is -3.44. The third-order valence-electron chi connectivity index (χ3n) is 4.53. The number of ether oxygens (including phenoxy) is 1. The van der Waals surface area contributed by atoms with Crippen molar-refractivity contribution in [1.82, 2.24) is 15.7 Å². The largest absolute Gasteiger partial charge is 0.467 e. The number of hydroxylamine groups is 1. The third-order valence-corrected chi connectivity index (χ3v) is 5.44. The number of methoxy groups -OCH3 is 1. The van der Waals surface area contributed by atoms with Crippen molar-refractivity contribution in [2.75, 3.05) is 20.3 Å². The molecule has 0 spiro atoms. The van der Waals surface area contributed by atoms with Crippen molar-refractivity contribution >= 4 is 46.8 Å². The van der Waals surface area contributed by atoms with Gasteiger partial charge in [-0.25, -0.2) is 10.3 Å². The fraction of sp³-hybridized carbons (Fsp3) is 0.348. The van der Waals surface area contributed by atoms with Gasteiger partial charge in [0.15, 0.2) is 0 Å². The fourth-order valence-electron chi connectivity index (χ4n) is 2.94. The van der Waals surface area contributed by atoms with Crippen molar-refractivity contribution in [3.63, 3.8) is 0 Å². The maximum atomic E-state index is 12.6. The van der Waals surface area contributed by atoms with Gasteiger partial charge in [0.2, 0.25) is 0 Å². The first-order chi connectivity index (χ1) is 16.2. The van der Waals surface area contributed by atoms with Crippen LogP contribution in [0.3, 0.4) is 0 Å². The maximum absolute atomic E-state index is 12.6. The number of imide groups is 1. The summed E-state index contributed by atoms with van der Waals surface area (Å²) in [6, 6.07) is 5.53. The Kier molecular flexibility index (Phi) is 10.0. The minimum absolute atomic E-state index is 0.0859. The first-order valence-electron chi connectivity index (χ1n) is 10.4. The van der Waals surface area contributed by atoms with E-state index in [0.717, 1.165) is 4.90 Å². The van der Waals surface area contributed by atoms with E-state index >= 15 is 0 Å². The Bertz CT molecular complexity index is 989. The van der Waals surface area contributed by atoms with E-state index in [1.807, 2.05) is 13.8 Å². The van der Waals surface area contributed by atoms with Crippen LogP contribution in [0.25, 0.3) is 6.08 Å². The second-order valence-corrected chi connectivity index (χ2v) is 8.69. The molecule has 2 N–H and O–H groups in total. The first-order valence-corrected chi connectivity index (χ1v) is 11.2. The van der Waals surface area contributed by atoms with E-state index in [1.165, 1.54) is 19.3 Å². The van der Waals surface area contributed by atoms with Crippen LogP contribution in [0, 0.1) is 5.92 Å². The SMILES string of the molecule is C=CCONC(=O)CN1C(=O)S/C(=C\c2ccc(C(=O)N[C@@H](CC(C)C)C(=O)OC)cc2)C1=O. The highest BCUT2D eigenvalue weighted by molar-refractivity contribution is 8.18. The van der Waals surface area contributed by atoms with Crippen molar-refractivity contribution in [1.29, 1.82) is 0 Å². The van der Waals surface area contributed by atoms with Crippen molar-refractivity contribution < 1.29 is 33.5 Å². The number of hydrogen-bond acceptors (Lipinski definition) is 8. The number of carbonyl (C=O) groups excluding carboxylic acids is 5. The lowest BCUT2D eigenvalue weighted by Crippen LogP contribution is -2.42. The third kappa shape index (κ3) is 7.56. The van der Waals surface area contributed by atoms with Crippen LogP contribution in [0.5, 0.6) is 0 Å². The number of amides is 4. The summed E-state index contributed by atoms with van der Waals surface area (Å²) in [6.45, 7) is 6.91. The van der Waals surface area contributed by atoms with Crippen LogP contribution in [-0.4, -0.2) is 60.1 Å². The molecule has 0 radical (unpaired) electrons. The van der Waals surface area contributed by atoms with E-state index in [2.05, 4.69) is 17.4 Å². The molecule has 1 atom stereocenters. The number of carbonyl (C=O) groups is 5. The molecular formula is C23H27N3O7S. The molecule has 1 heterocycles. The van der Waals surface area contributed by atoms with Gasteiger partial charge >= 0.3 is 5.97 Å². The number of benzene rings is 1. The number of nitrogens with one attached hydrogen (secondary N) is 2. The molecule has 4 amide bonds. The van der Waals surface area contributed by atoms with E-state index in [0.29, 0.717) is 29.3 Å². The second kappa shape index (κ2) is 12.7. The Balaban J connectivity index is 2.04. The van der Waals surface area contributed by atoms with Gasteiger partial charge < -0.3 is 10.1 Å². The maximum Gasteiger partial charge on any atom is 0.328 e. The molecule has 1 aromatic rings. The Morgan fingerprint density at radius 2 is 1.85 bits per heavy atom. The van der Waals surface area contributed by atoms with Gasteiger partial charge in [-0.15, -0.1) is 6.58 Å². The van der Waals surface area contributed by atoms with Crippen LogP contribution in [0.15, 0.2) is 41.8 Å². The molecule has 1 saturated heterocycles. The van der Waals surface area contributed by atoms with Gasteiger partial charge in [-0.05, 0) is 47.9 Å². The normalized spacial score (nSPS) is 15.4. The predicted octanol–water partition coefficient (Wildman–Crippen LogP) is 2.27. The van der Waals surface area contributed by atoms with Gasteiger partial charge in [-0.2, -0.15) is 0 Å². The van der Waals surface area contributed by atoms with Gasteiger partial charge in [0.25, 0.3) is 23.0 Å². The van der Waals surface area contributed by atoms with Gasteiger partial charge in [0.1, 0.15) is 12.6 Å². The molecule has 0 saturated carbocycles.